The zero-order valence-corrected chi connectivity index (χ0v) is 16.8. The number of fused-ring (bicyclic) bond motifs is 4. The van der Waals surface area contributed by atoms with E-state index in [4.69, 9.17) is 4.74 Å². The Morgan fingerprint density at radius 3 is 2.42 bits per heavy atom. The predicted molar refractivity (Wildman–Crippen MR) is 113 cm³/mol. The summed E-state index contributed by atoms with van der Waals surface area (Å²) in [6, 6.07) is 19.7. The highest BCUT2D eigenvalue weighted by atomic mass is 19.4. The van der Waals surface area contributed by atoms with Gasteiger partial charge in [0.1, 0.15) is 11.4 Å². The summed E-state index contributed by atoms with van der Waals surface area (Å²) >= 11 is 0. The smallest absolute Gasteiger partial charge is 0.417 e. The van der Waals surface area contributed by atoms with Crippen LogP contribution in [0, 0.1) is 0 Å². The van der Waals surface area contributed by atoms with Gasteiger partial charge in [0.2, 0.25) is 0 Å². The number of aromatic nitrogens is 1. The van der Waals surface area contributed by atoms with Crippen LogP contribution in [0.3, 0.4) is 0 Å². The second-order valence-electron chi connectivity index (χ2n) is 8.37. The summed E-state index contributed by atoms with van der Waals surface area (Å²) in [7, 11) is 0. The average molecular weight is 423 g/mol. The Labute approximate surface area is 177 Å². The monoisotopic (exact) mass is 423 g/mol. The Kier molecular flexibility index (Phi) is 4.28. The molecule has 0 aliphatic carbocycles. The molecule has 1 N–H and O–H groups in total. The SMILES string of the molecule is CC1(CC(O)(Cc2ccnc3ccccc23)C(F)(F)F)Oc2c1ccc1ccccc21. The van der Waals surface area contributed by atoms with Crippen LogP contribution < -0.4 is 4.74 Å². The summed E-state index contributed by atoms with van der Waals surface area (Å²) in [6.45, 7) is 1.60. The molecule has 0 spiro atoms. The van der Waals surface area contributed by atoms with Crippen molar-refractivity contribution < 1.29 is 23.0 Å². The molecule has 1 aliphatic rings. The quantitative estimate of drug-likeness (QED) is 0.443. The van der Waals surface area contributed by atoms with Gasteiger partial charge in [0.25, 0.3) is 0 Å². The largest absolute Gasteiger partial charge is 0.482 e. The molecule has 158 valence electrons. The fourth-order valence-corrected chi connectivity index (χ4v) is 4.58. The lowest BCUT2D eigenvalue weighted by atomic mass is 9.76. The standard InChI is InChI=1S/C25H20F3NO2/c1-23(20-11-10-16-6-2-3-8-19(16)22(20)31-23)15-24(30,25(26,27)28)14-17-12-13-29-21-9-5-4-7-18(17)21/h2-13,30H,14-15H2,1H3. The fraction of sp³-hybridized carbons (Fsp3) is 0.240. The van der Waals surface area contributed by atoms with Crippen molar-refractivity contribution in [3.63, 3.8) is 0 Å². The van der Waals surface area contributed by atoms with Crippen molar-refractivity contribution >= 4 is 21.7 Å². The lowest BCUT2D eigenvalue weighted by Crippen LogP contribution is -2.54. The Hall–Kier alpha value is -3.12. The molecule has 1 aromatic heterocycles. The maximum Gasteiger partial charge on any atom is 0.417 e. The average Bonchev–Trinajstić information content (AvgIpc) is 2.72. The van der Waals surface area contributed by atoms with Crippen molar-refractivity contribution in [2.75, 3.05) is 0 Å². The van der Waals surface area contributed by atoms with Crippen LogP contribution in [0.15, 0.2) is 72.9 Å². The van der Waals surface area contributed by atoms with Crippen LogP contribution in [-0.4, -0.2) is 21.9 Å². The number of ether oxygens (including phenoxy) is 1. The second kappa shape index (κ2) is 6.69. The summed E-state index contributed by atoms with van der Waals surface area (Å²) in [5.74, 6) is 0.583. The Morgan fingerprint density at radius 1 is 0.935 bits per heavy atom. The van der Waals surface area contributed by atoms with Gasteiger partial charge in [0.05, 0.1) is 5.52 Å². The van der Waals surface area contributed by atoms with E-state index < -0.39 is 30.2 Å². The molecule has 6 heteroatoms. The third-order valence-electron chi connectivity index (χ3n) is 6.16. The van der Waals surface area contributed by atoms with Crippen molar-refractivity contribution in [1.82, 2.24) is 4.98 Å². The van der Waals surface area contributed by atoms with Gasteiger partial charge in [0.15, 0.2) is 5.60 Å². The highest BCUT2D eigenvalue weighted by Gasteiger charge is 2.59. The first-order chi connectivity index (χ1) is 14.7. The molecule has 2 atom stereocenters. The zero-order chi connectivity index (χ0) is 21.9. The highest BCUT2D eigenvalue weighted by molar-refractivity contribution is 5.91. The van der Waals surface area contributed by atoms with Crippen LogP contribution in [0.4, 0.5) is 13.2 Å². The zero-order valence-electron chi connectivity index (χ0n) is 16.8. The number of benzene rings is 3. The van der Waals surface area contributed by atoms with E-state index in [0.29, 0.717) is 27.8 Å². The first-order valence-electron chi connectivity index (χ1n) is 10.0. The normalized spacial score (nSPS) is 20.0. The van der Waals surface area contributed by atoms with Crippen molar-refractivity contribution in [3.8, 4) is 5.75 Å². The number of rotatable bonds is 4. The lowest BCUT2D eigenvalue weighted by Gasteiger charge is -2.46. The maximum absolute atomic E-state index is 14.2. The Morgan fingerprint density at radius 2 is 1.65 bits per heavy atom. The van der Waals surface area contributed by atoms with Crippen LogP contribution in [-0.2, 0) is 12.0 Å². The van der Waals surface area contributed by atoms with E-state index in [9.17, 15) is 18.3 Å². The highest BCUT2D eigenvalue weighted by Crippen LogP contribution is 2.54. The molecule has 1 aliphatic heterocycles. The van der Waals surface area contributed by atoms with Gasteiger partial charge in [-0.05, 0) is 30.0 Å². The molecule has 0 radical (unpaired) electrons. The molecule has 2 heterocycles. The van der Waals surface area contributed by atoms with E-state index in [1.807, 2.05) is 30.3 Å². The molecule has 3 aromatic carbocycles. The van der Waals surface area contributed by atoms with E-state index >= 15 is 0 Å². The van der Waals surface area contributed by atoms with Gasteiger partial charge in [-0.3, -0.25) is 4.98 Å². The molecule has 2 unspecified atom stereocenters. The minimum atomic E-state index is -4.84. The van der Waals surface area contributed by atoms with Gasteiger partial charge in [-0.1, -0.05) is 54.6 Å². The molecule has 0 amide bonds. The molecule has 0 saturated carbocycles. The van der Waals surface area contributed by atoms with Crippen LogP contribution in [0.25, 0.3) is 21.7 Å². The van der Waals surface area contributed by atoms with Gasteiger partial charge in [-0.2, -0.15) is 13.2 Å². The van der Waals surface area contributed by atoms with Gasteiger partial charge in [-0.15, -0.1) is 0 Å². The first kappa shape index (κ1) is 19.8. The number of hydrogen-bond acceptors (Lipinski definition) is 3. The summed E-state index contributed by atoms with van der Waals surface area (Å²) in [4.78, 5) is 4.21. The second-order valence-corrected chi connectivity index (χ2v) is 8.37. The van der Waals surface area contributed by atoms with E-state index in [0.717, 1.165) is 10.8 Å². The van der Waals surface area contributed by atoms with Crippen LogP contribution >= 0.6 is 0 Å². The number of alkyl halides is 3. The lowest BCUT2D eigenvalue weighted by molar-refractivity contribution is -0.275. The summed E-state index contributed by atoms with van der Waals surface area (Å²) in [5, 5.41) is 13.4. The number of aliphatic hydroxyl groups is 1. The molecule has 4 aromatic rings. The van der Waals surface area contributed by atoms with Gasteiger partial charge in [0, 0.05) is 35.4 Å². The van der Waals surface area contributed by atoms with Crippen LogP contribution in [0.5, 0.6) is 5.75 Å². The Bertz CT molecular complexity index is 1300. The maximum atomic E-state index is 14.2. The van der Waals surface area contributed by atoms with E-state index in [1.54, 1.807) is 37.3 Å². The van der Waals surface area contributed by atoms with Crippen molar-refractivity contribution in [1.29, 1.82) is 0 Å². The first-order valence-corrected chi connectivity index (χ1v) is 10.0. The molecule has 0 fully saturated rings. The van der Waals surface area contributed by atoms with Gasteiger partial charge in [-0.25, -0.2) is 0 Å². The van der Waals surface area contributed by atoms with Crippen molar-refractivity contribution in [3.05, 3.63) is 84.1 Å². The van der Waals surface area contributed by atoms with Crippen molar-refractivity contribution in [2.45, 2.75) is 37.1 Å². The minimum Gasteiger partial charge on any atom is -0.482 e. The van der Waals surface area contributed by atoms with E-state index in [2.05, 4.69) is 4.98 Å². The molecule has 0 saturated heterocycles. The number of pyridine rings is 1. The third kappa shape index (κ3) is 3.13. The summed E-state index contributed by atoms with van der Waals surface area (Å²) in [6.07, 6.45) is -4.55. The summed E-state index contributed by atoms with van der Waals surface area (Å²) in [5.41, 5.74) is -2.55. The summed E-state index contributed by atoms with van der Waals surface area (Å²) < 4.78 is 48.5. The number of nitrogens with zero attached hydrogens (tertiary/aromatic N) is 1. The molecular weight excluding hydrogens is 403 g/mol. The molecular formula is C25H20F3NO2. The van der Waals surface area contributed by atoms with E-state index in [1.165, 1.54) is 12.3 Å². The van der Waals surface area contributed by atoms with E-state index in [-0.39, 0.29) is 0 Å². The number of para-hydroxylation sites is 1. The molecule has 0 bridgehead atoms. The topological polar surface area (TPSA) is 42.4 Å². The molecule has 31 heavy (non-hydrogen) atoms. The molecule has 3 nitrogen and oxygen atoms in total. The minimum absolute atomic E-state index is 0.395. The third-order valence-corrected chi connectivity index (χ3v) is 6.16. The Balaban J connectivity index is 1.53. The van der Waals surface area contributed by atoms with Gasteiger partial charge >= 0.3 is 6.18 Å². The number of hydrogen-bond donors (Lipinski definition) is 1. The van der Waals surface area contributed by atoms with Gasteiger partial charge < -0.3 is 9.84 Å². The number of halogens is 3. The van der Waals surface area contributed by atoms with Crippen molar-refractivity contribution in [2.24, 2.45) is 0 Å². The van der Waals surface area contributed by atoms with Crippen LogP contribution in [0.1, 0.15) is 24.5 Å². The predicted octanol–water partition coefficient (Wildman–Crippen LogP) is 5.92. The molecule has 5 rings (SSSR count). The fourth-order valence-electron chi connectivity index (χ4n) is 4.58. The van der Waals surface area contributed by atoms with Crippen LogP contribution in [0.2, 0.25) is 0 Å².